The van der Waals surface area contributed by atoms with Crippen LogP contribution < -0.4 is 5.32 Å². The van der Waals surface area contributed by atoms with Gasteiger partial charge in [-0.1, -0.05) is 20.3 Å². The third-order valence-corrected chi connectivity index (χ3v) is 3.48. The molecule has 1 aliphatic heterocycles. The first-order valence-corrected chi connectivity index (χ1v) is 5.31. The SMILES string of the molecule is CCC(C)CC1CCNC1(C)C. The lowest BCUT2D eigenvalue weighted by Crippen LogP contribution is -2.38. The minimum absolute atomic E-state index is 0.392. The van der Waals surface area contributed by atoms with Crippen LogP contribution in [-0.2, 0) is 0 Å². The summed E-state index contributed by atoms with van der Waals surface area (Å²) in [5.41, 5.74) is 0.392. The number of rotatable bonds is 3. The second-order valence-corrected chi connectivity index (χ2v) is 4.88. The summed E-state index contributed by atoms with van der Waals surface area (Å²) >= 11 is 0. The topological polar surface area (TPSA) is 12.0 Å². The smallest absolute Gasteiger partial charge is 0.0153 e. The van der Waals surface area contributed by atoms with E-state index in [1.54, 1.807) is 0 Å². The van der Waals surface area contributed by atoms with E-state index in [9.17, 15) is 0 Å². The Morgan fingerprint density at radius 1 is 1.50 bits per heavy atom. The summed E-state index contributed by atoms with van der Waals surface area (Å²) in [6, 6.07) is 0. The minimum Gasteiger partial charge on any atom is -0.312 e. The van der Waals surface area contributed by atoms with Gasteiger partial charge < -0.3 is 5.32 Å². The lowest BCUT2D eigenvalue weighted by atomic mass is 9.82. The van der Waals surface area contributed by atoms with Gasteiger partial charge in [-0.3, -0.25) is 0 Å². The highest BCUT2D eigenvalue weighted by Gasteiger charge is 2.34. The molecule has 0 aromatic heterocycles. The molecule has 0 spiro atoms. The molecule has 72 valence electrons. The van der Waals surface area contributed by atoms with E-state index in [-0.39, 0.29) is 0 Å². The second-order valence-electron chi connectivity index (χ2n) is 4.88. The van der Waals surface area contributed by atoms with Gasteiger partial charge in [-0.05, 0) is 45.1 Å². The summed E-state index contributed by atoms with van der Waals surface area (Å²) in [6.45, 7) is 10.6. The van der Waals surface area contributed by atoms with Gasteiger partial charge >= 0.3 is 0 Å². The first-order valence-electron chi connectivity index (χ1n) is 5.31. The zero-order valence-electron chi connectivity index (χ0n) is 8.98. The van der Waals surface area contributed by atoms with Crippen molar-refractivity contribution in [2.24, 2.45) is 11.8 Å². The zero-order valence-corrected chi connectivity index (χ0v) is 8.98. The molecule has 0 saturated carbocycles. The summed E-state index contributed by atoms with van der Waals surface area (Å²) in [6.07, 6.45) is 4.10. The first-order chi connectivity index (χ1) is 5.56. The maximum Gasteiger partial charge on any atom is 0.0153 e. The van der Waals surface area contributed by atoms with Crippen molar-refractivity contribution in [3.8, 4) is 0 Å². The van der Waals surface area contributed by atoms with Crippen LogP contribution in [0.25, 0.3) is 0 Å². The highest BCUT2D eigenvalue weighted by molar-refractivity contribution is 4.92. The van der Waals surface area contributed by atoms with Crippen LogP contribution in [0.1, 0.15) is 47.0 Å². The van der Waals surface area contributed by atoms with Crippen molar-refractivity contribution in [1.29, 1.82) is 0 Å². The summed E-state index contributed by atoms with van der Waals surface area (Å²) < 4.78 is 0. The Bertz CT molecular complexity index is 140. The van der Waals surface area contributed by atoms with Gasteiger partial charge in [-0.25, -0.2) is 0 Å². The van der Waals surface area contributed by atoms with Crippen LogP contribution in [0.2, 0.25) is 0 Å². The molecule has 0 aromatic carbocycles. The van der Waals surface area contributed by atoms with Gasteiger partial charge in [0, 0.05) is 5.54 Å². The number of hydrogen-bond acceptors (Lipinski definition) is 1. The lowest BCUT2D eigenvalue weighted by molar-refractivity contribution is 0.276. The van der Waals surface area contributed by atoms with Crippen LogP contribution in [0.3, 0.4) is 0 Å². The average molecular weight is 169 g/mol. The van der Waals surface area contributed by atoms with Crippen molar-refractivity contribution in [2.75, 3.05) is 6.54 Å². The van der Waals surface area contributed by atoms with E-state index in [4.69, 9.17) is 0 Å². The van der Waals surface area contributed by atoms with Crippen LogP contribution in [0.15, 0.2) is 0 Å². The maximum atomic E-state index is 3.58. The Labute approximate surface area is 76.9 Å². The van der Waals surface area contributed by atoms with Gasteiger partial charge in [0.05, 0.1) is 0 Å². The van der Waals surface area contributed by atoms with Gasteiger partial charge in [0.1, 0.15) is 0 Å². The largest absolute Gasteiger partial charge is 0.312 e. The normalized spacial score (nSPS) is 30.5. The molecule has 1 nitrogen and oxygen atoms in total. The monoisotopic (exact) mass is 169 g/mol. The molecular formula is C11H23N. The molecule has 0 radical (unpaired) electrons. The van der Waals surface area contributed by atoms with E-state index >= 15 is 0 Å². The maximum absolute atomic E-state index is 3.58. The molecule has 1 rings (SSSR count). The van der Waals surface area contributed by atoms with E-state index in [1.165, 1.54) is 25.8 Å². The highest BCUT2D eigenvalue weighted by atomic mass is 15.0. The Hall–Kier alpha value is -0.0400. The fourth-order valence-corrected chi connectivity index (χ4v) is 2.14. The van der Waals surface area contributed by atoms with E-state index in [2.05, 4.69) is 33.0 Å². The third-order valence-electron chi connectivity index (χ3n) is 3.48. The van der Waals surface area contributed by atoms with Crippen LogP contribution in [0, 0.1) is 11.8 Å². The van der Waals surface area contributed by atoms with E-state index in [0.29, 0.717) is 5.54 Å². The molecule has 1 heteroatoms. The molecular weight excluding hydrogens is 146 g/mol. The summed E-state index contributed by atoms with van der Waals surface area (Å²) in [4.78, 5) is 0. The molecule has 2 unspecified atom stereocenters. The van der Waals surface area contributed by atoms with Gasteiger partial charge in [-0.2, -0.15) is 0 Å². The standard InChI is InChI=1S/C11H23N/c1-5-9(2)8-10-6-7-12-11(10,3)4/h9-10,12H,5-8H2,1-4H3. The summed E-state index contributed by atoms with van der Waals surface area (Å²) in [5.74, 6) is 1.79. The van der Waals surface area contributed by atoms with Gasteiger partial charge in [0.15, 0.2) is 0 Å². The Balaban J connectivity index is 2.41. The van der Waals surface area contributed by atoms with Gasteiger partial charge in [0.2, 0.25) is 0 Å². The second kappa shape index (κ2) is 3.78. The molecule has 1 aliphatic rings. The molecule has 2 atom stereocenters. The Kier molecular flexibility index (Phi) is 3.16. The molecule has 1 saturated heterocycles. The molecule has 0 aromatic rings. The molecule has 0 aliphatic carbocycles. The Morgan fingerprint density at radius 3 is 2.58 bits per heavy atom. The lowest BCUT2D eigenvalue weighted by Gasteiger charge is -2.29. The predicted molar refractivity (Wildman–Crippen MR) is 54.3 cm³/mol. The van der Waals surface area contributed by atoms with Crippen molar-refractivity contribution < 1.29 is 0 Å². The molecule has 0 bridgehead atoms. The van der Waals surface area contributed by atoms with Crippen molar-refractivity contribution in [3.63, 3.8) is 0 Å². The van der Waals surface area contributed by atoms with Crippen molar-refractivity contribution in [1.82, 2.24) is 5.32 Å². The summed E-state index contributed by atoms with van der Waals surface area (Å²) in [7, 11) is 0. The quantitative estimate of drug-likeness (QED) is 0.685. The molecule has 0 amide bonds. The fourth-order valence-electron chi connectivity index (χ4n) is 2.14. The average Bonchev–Trinajstić information content (AvgIpc) is 2.31. The van der Waals surface area contributed by atoms with E-state index in [1.807, 2.05) is 0 Å². The minimum atomic E-state index is 0.392. The number of nitrogens with one attached hydrogen (secondary N) is 1. The Morgan fingerprint density at radius 2 is 2.17 bits per heavy atom. The molecule has 12 heavy (non-hydrogen) atoms. The van der Waals surface area contributed by atoms with Crippen LogP contribution in [-0.4, -0.2) is 12.1 Å². The van der Waals surface area contributed by atoms with Crippen LogP contribution in [0.5, 0.6) is 0 Å². The molecule has 1 N–H and O–H groups in total. The zero-order chi connectivity index (χ0) is 9.19. The van der Waals surface area contributed by atoms with E-state index < -0.39 is 0 Å². The van der Waals surface area contributed by atoms with E-state index in [0.717, 1.165) is 11.8 Å². The third kappa shape index (κ3) is 2.22. The molecule has 1 fully saturated rings. The van der Waals surface area contributed by atoms with Crippen molar-refractivity contribution in [3.05, 3.63) is 0 Å². The fraction of sp³-hybridized carbons (Fsp3) is 1.00. The highest BCUT2D eigenvalue weighted by Crippen LogP contribution is 2.32. The first kappa shape index (κ1) is 10.0. The predicted octanol–water partition coefficient (Wildman–Crippen LogP) is 2.81. The van der Waals surface area contributed by atoms with Crippen molar-refractivity contribution in [2.45, 2.75) is 52.5 Å². The summed E-state index contributed by atoms with van der Waals surface area (Å²) in [5, 5.41) is 3.58. The van der Waals surface area contributed by atoms with Crippen LogP contribution >= 0.6 is 0 Å². The van der Waals surface area contributed by atoms with Gasteiger partial charge in [-0.15, -0.1) is 0 Å². The number of hydrogen-bond donors (Lipinski definition) is 1. The van der Waals surface area contributed by atoms with Gasteiger partial charge in [0.25, 0.3) is 0 Å². The van der Waals surface area contributed by atoms with Crippen molar-refractivity contribution >= 4 is 0 Å². The van der Waals surface area contributed by atoms with Crippen LogP contribution in [0.4, 0.5) is 0 Å². The molecule has 1 heterocycles.